The van der Waals surface area contributed by atoms with Crippen LogP contribution in [0.3, 0.4) is 0 Å². The highest BCUT2D eigenvalue weighted by Gasteiger charge is 2.17. The third-order valence-corrected chi connectivity index (χ3v) is 7.47. The molecule has 0 bridgehead atoms. The van der Waals surface area contributed by atoms with Gasteiger partial charge >= 0.3 is 0 Å². The van der Waals surface area contributed by atoms with Crippen LogP contribution in [0.2, 0.25) is 0 Å². The number of aromatic nitrogens is 2. The van der Waals surface area contributed by atoms with Crippen LogP contribution in [-0.2, 0) is 0 Å². The molecule has 8 aromatic rings. The fourth-order valence-electron chi connectivity index (χ4n) is 5.80. The zero-order chi connectivity index (χ0) is 25.1. The Bertz CT molecular complexity index is 2090. The maximum atomic E-state index is 6.34. The van der Waals surface area contributed by atoms with Gasteiger partial charge in [0.2, 0.25) is 0 Å². The Hall–Kier alpha value is -5.15. The fraction of sp³-hybridized carbons (Fsp3) is 0. The van der Waals surface area contributed by atoms with Crippen LogP contribution in [0.25, 0.3) is 71.8 Å². The standard InChI is InChI=1S/C35H22N2O/c1-2-13-26(29-20-21-36-34-30-16-5-8-19-33(30)38-35(29)34)25(12-1)23-10-9-11-24(22-23)37-31-17-6-3-14-27(31)28-15-4-7-18-32(28)37/h1-22H. The number of pyridine rings is 1. The Morgan fingerprint density at radius 3 is 1.97 bits per heavy atom. The first kappa shape index (κ1) is 21.0. The van der Waals surface area contributed by atoms with Crippen LogP contribution in [0.1, 0.15) is 0 Å². The molecule has 0 N–H and O–H groups in total. The lowest BCUT2D eigenvalue weighted by Crippen LogP contribution is -1.94. The van der Waals surface area contributed by atoms with Gasteiger partial charge in [0.05, 0.1) is 11.0 Å². The molecule has 0 saturated heterocycles. The fourth-order valence-corrected chi connectivity index (χ4v) is 5.80. The van der Waals surface area contributed by atoms with E-state index < -0.39 is 0 Å². The zero-order valence-electron chi connectivity index (χ0n) is 20.5. The normalized spacial score (nSPS) is 11.7. The summed E-state index contributed by atoms with van der Waals surface area (Å²) in [6.45, 7) is 0. The number of para-hydroxylation sites is 3. The van der Waals surface area contributed by atoms with E-state index in [1.807, 2.05) is 24.4 Å². The monoisotopic (exact) mass is 486 g/mol. The highest BCUT2D eigenvalue weighted by atomic mass is 16.3. The molecule has 0 spiro atoms. The molecule has 3 heterocycles. The van der Waals surface area contributed by atoms with Crippen molar-refractivity contribution >= 4 is 43.9 Å². The van der Waals surface area contributed by atoms with E-state index in [1.54, 1.807) is 0 Å². The summed E-state index contributed by atoms with van der Waals surface area (Å²) in [7, 11) is 0. The first-order valence-electron chi connectivity index (χ1n) is 12.8. The zero-order valence-corrected chi connectivity index (χ0v) is 20.5. The predicted molar refractivity (Wildman–Crippen MR) is 157 cm³/mol. The van der Waals surface area contributed by atoms with Gasteiger partial charge in [-0.25, -0.2) is 0 Å². The lowest BCUT2D eigenvalue weighted by atomic mass is 9.94. The van der Waals surface area contributed by atoms with E-state index in [0.29, 0.717) is 0 Å². The van der Waals surface area contributed by atoms with E-state index in [2.05, 4.69) is 119 Å². The van der Waals surface area contributed by atoms with Crippen molar-refractivity contribution in [2.45, 2.75) is 0 Å². The first-order chi connectivity index (χ1) is 18.9. The second-order valence-corrected chi connectivity index (χ2v) is 9.60. The molecule has 178 valence electrons. The molecule has 3 nitrogen and oxygen atoms in total. The molecule has 0 saturated carbocycles. The van der Waals surface area contributed by atoms with E-state index >= 15 is 0 Å². The molecule has 38 heavy (non-hydrogen) atoms. The second kappa shape index (κ2) is 8.19. The Kier molecular flexibility index (Phi) is 4.52. The third-order valence-electron chi connectivity index (χ3n) is 7.47. The predicted octanol–water partition coefficient (Wildman–Crippen LogP) is 9.41. The summed E-state index contributed by atoms with van der Waals surface area (Å²) in [5.74, 6) is 0. The Labute approximate surface area is 219 Å². The number of rotatable bonds is 3. The van der Waals surface area contributed by atoms with Gasteiger partial charge in [0, 0.05) is 33.6 Å². The molecule has 0 unspecified atom stereocenters. The van der Waals surface area contributed by atoms with Gasteiger partial charge in [-0.1, -0.05) is 84.9 Å². The number of nitrogens with zero attached hydrogens (tertiary/aromatic N) is 2. The van der Waals surface area contributed by atoms with Gasteiger partial charge in [-0.3, -0.25) is 4.98 Å². The molecule has 3 heteroatoms. The molecule has 0 fully saturated rings. The van der Waals surface area contributed by atoms with Gasteiger partial charge in [0.25, 0.3) is 0 Å². The van der Waals surface area contributed by atoms with E-state index in [1.165, 1.54) is 21.8 Å². The molecule has 0 atom stereocenters. The number of fused-ring (bicyclic) bond motifs is 6. The molecule has 0 amide bonds. The van der Waals surface area contributed by atoms with E-state index in [-0.39, 0.29) is 0 Å². The van der Waals surface area contributed by atoms with E-state index in [0.717, 1.165) is 50.0 Å². The van der Waals surface area contributed by atoms with Crippen molar-refractivity contribution in [3.8, 4) is 27.9 Å². The molecular formula is C35H22N2O. The van der Waals surface area contributed by atoms with Crippen LogP contribution in [0.15, 0.2) is 138 Å². The molecule has 0 radical (unpaired) electrons. The molecule has 0 aliphatic carbocycles. The van der Waals surface area contributed by atoms with Crippen LogP contribution < -0.4 is 0 Å². The third kappa shape index (κ3) is 3.06. The van der Waals surface area contributed by atoms with Crippen molar-refractivity contribution in [1.82, 2.24) is 9.55 Å². The van der Waals surface area contributed by atoms with Crippen LogP contribution in [0, 0.1) is 0 Å². The smallest absolute Gasteiger partial charge is 0.161 e. The number of benzene rings is 5. The number of hydrogen-bond acceptors (Lipinski definition) is 2. The van der Waals surface area contributed by atoms with Gasteiger partial charge in [-0.15, -0.1) is 0 Å². The molecule has 8 rings (SSSR count). The van der Waals surface area contributed by atoms with Crippen molar-refractivity contribution in [2.24, 2.45) is 0 Å². The van der Waals surface area contributed by atoms with Crippen molar-refractivity contribution in [3.05, 3.63) is 134 Å². The maximum Gasteiger partial charge on any atom is 0.161 e. The van der Waals surface area contributed by atoms with Crippen LogP contribution >= 0.6 is 0 Å². The van der Waals surface area contributed by atoms with Gasteiger partial charge < -0.3 is 8.98 Å². The molecule has 0 aliphatic heterocycles. The van der Waals surface area contributed by atoms with E-state index in [4.69, 9.17) is 4.42 Å². The minimum Gasteiger partial charge on any atom is -0.454 e. The summed E-state index contributed by atoms with van der Waals surface area (Å²) in [6.07, 6.45) is 1.88. The molecular weight excluding hydrogens is 464 g/mol. The summed E-state index contributed by atoms with van der Waals surface area (Å²) < 4.78 is 8.70. The maximum absolute atomic E-state index is 6.34. The minimum absolute atomic E-state index is 0.819. The van der Waals surface area contributed by atoms with Crippen LogP contribution in [-0.4, -0.2) is 9.55 Å². The Morgan fingerprint density at radius 1 is 0.526 bits per heavy atom. The van der Waals surface area contributed by atoms with Crippen molar-refractivity contribution in [3.63, 3.8) is 0 Å². The minimum atomic E-state index is 0.819. The van der Waals surface area contributed by atoms with Gasteiger partial charge in [-0.2, -0.15) is 0 Å². The van der Waals surface area contributed by atoms with Crippen molar-refractivity contribution < 1.29 is 4.42 Å². The summed E-state index contributed by atoms with van der Waals surface area (Å²) >= 11 is 0. The summed E-state index contributed by atoms with van der Waals surface area (Å²) in [5.41, 5.74) is 10.6. The van der Waals surface area contributed by atoms with Gasteiger partial charge in [0.1, 0.15) is 11.1 Å². The summed E-state index contributed by atoms with van der Waals surface area (Å²) in [4.78, 5) is 4.67. The topological polar surface area (TPSA) is 31.0 Å². The highest BCUT2D eigenvalue weighted by Crippen LogP contribution is 2.40. The Balaban J connectivity index is 1.35. The SMILES string of the molecule is c1cc(-c2ccccc2-c2ccnc3c2oc2ccccc23)cc(-n2c3ccccc3c3ccccc32)c1. The second-order valence-electron chi connectivity index (χ2n) is 9.60. The number of furan rings is 1. The lowest BCUT2D eigenvalue weighted by Gasteiger charge is -2.13. The van der Waals surface area contributed by atoms with Crippen LogP contribution in [0.5, 0.6) is 0 Å². The summed E-state index contributed by atoms with van der Waals surface area (Å²) in [5, 5.41) is 3.56. The van der Waals surface area contributed by atoms with Gasteiger partial charge in [-0.05, 0) is 59.2 Å². The van der Waals surface area contributed by atoms with Crippen molar-refractivity contribution in [1.29, 1.82) is 0 Å². The quantitative estimate of drug-likeness (QED) is 0.249. The molecule has 5 aromatic carbocycles. The highest BCUT2D eigenvalue weighted by molar-refractivity contribution is 6.10. The summed E-state index contributed by atoms with van der Waals surface area (Å²) in [6, 6.07) is 44.8. The van der Waals surface area contributed by atoms with E-state index in [9.17, 15) is 0 Å². The molecule has 3 aromatic heterocycles. The first-order valence-corrected chi connectivity index (χ1v) is 12.8. The number of hydrogen-bond donors (Lipinski definition) is 0. The average molecular weight is 487 g/mol. The largest absolute Gasteiger partial charge is 0.454 e. The lowest BCUT2D eigenvalue weighted by molar-refractivity contribution is 0.669. The van der Waals surface area contributed by atoms with Gasteiger partial charge in [0.15, 0.2) is 5.58 Å². The Morgan fingerprint density at radius 2 is 1.18 bits per heavy atom. The average Bonchev–Trinajstić information content (AvgIpc) is 3.53. The van der Waals surface area contributed by atoms with Crippen LogP contribution in [0.4, 0.5) is 0 Å². The van der Waals surface area contributed by atoms with Crippen molar-refractivity contribution in [2.75, 3.05) is 0 Å². The molecule has 0 aliphatic rings.